The predicted octanol–water partition coefficient (Wildman–Crippen LogP) is 1.24. The van der Waals surface area contributed by atoms with E-state index in [1.165, 1.54) is 18.2 Å². The summed E-state index contributed by atoms with van der Waals surface area (Å²) < 4.78 is 4.16. The Morgan fingerprint density at radius 1 is 1.44 bits per heavy atom. The molecular formula is C11H9NO6. The molecular weight excluding hydrogens is 242 g/mol. The Morgan fingerprint density at radius 3 is 2.67 bits per heavy atom. The Morgan fingerprint density at radius 2 is 2.11 bits per heavy atom. The first-order valence-corrected chi connectivity index (χ1v) is 4.73. The number of nitrogens with zero attached hydrogens (tertiary/aromatic N) is 1. The van der Waals surface area contributed by atoms with E-state index in [2.05, 4.69) is 4.74 Å². The molecule has 1 aromatic rings. The van der Waals surface area contributed by atoms with E-state index in [1.807, 2.05) is 0 Å². The van der Waals surface area contributed by atoms with E-state index in [4.69, 9.17) is 0 Å². The van der Waals surface area contributed by atoms with Crippen LogP contribution < -0.4 is 0 Å². The van der Waals surface area contributed by atoms with E-state index in [0.717, 1.165) is 13.2 Å². The SMILES string of the molecule is COC(=O)C(=O)/C=C(/O)c1cccc([N+](=O)[O-])c1. The molecule has 1 aromatic carbocycles. The van der Waals surface area contributed by atoms with Crippen LogP contribution in [0.25, 0.3) is 5.76 Å². The van der Waals surface area contributed by atoms with Gasteiger partial charge in [0.05, 0.1) is 12.0 Å². The molecule has 18 heavy (non-hydrogen) atoms. The maximum atomic E-state index is 11.1. The molecule has 0 aliphatic heterocycles. The fourth-order valence-electron chi connectivity index (χ4n) is 1.15. The molecule has 0 spiro atoms. The number of hydrogen-bond acceptors (Lipinski definition) is 6. The summed E-state index contributed by atoms with van der Waals surface area (Å²) in [6, 6.07) is 5.03. The van der Waals surface area contributed by atoms with Crippen molar-refractivity contribution in [1.29, 1.82) is 0 Å². The highest BCUT2D eigenvalue weighted by Gasteiger charge is 2.14. The fraction of sp³-hybridized carbons (Fsp3) is 0.0909. The lowest BCUT2D eigenvalue weighted by atomic mass is 10.1. The number of aliphatic hydroxyl groups excluding tert-OH is 1. The summed E-state index contributed by atoms with van der Waals surface area (Å²) in [5.74, 6) is -2.73. The summed E-state index contributed by atoms with van der Waals surface area (Å²) in [6.45, 7) is 0. The highest BCUT2D eigenvalue weighted by molar-refractivity contribution is 6.39. The molecule has 0 aliphatic rings. The lowest BCUT2D eigenvalue weighted by Gasteiger charge is -1.99. The first-order chi connectivity index (χ1) is 8.45. The number of rotatable bonds is 4. The first-order valence-electron chi connectivity index (χ1n) is 4.73. The summed E-state index contributed by atoms with van der Waals surface area (Å²) in [4.78, 5) is 31.8. The Balaban J connectivity index is 3.03. The number of nitro benzene ring substituents is 1. The quantitative estimate of drug-likeness (QED) is 0.215. The minimum atomic E-state index is -1.13. The molecule has 0 aromatic heterocycles. The average Bonchev–Trinajstić information content (AvgIpc) is 2.37. The fourth-order valence-corrected chi connectivity index (χ4v) is 1.15. The summed E-state index contributed by atoms with van der Waals surface area (Å²) >= 11 is 0. The molecule has 0 aliphatic carbocycles. The zero-order valence-electron chi connectivity index (χ0n) is 9.32. The largest absolute Gasteiger partial charge is 0.507 e. The number of ketones is 1. The number of hydrogen-bond donors (Lipinski definition) is 1. The lowest BCUT2D eigenvalue weighted by molar-refractivity contribution is -0.384. The molecule has 0 unspecified atom stereocenters. The number of carbonyl (C=O) groups is 2. The van der Waals surface area contributed by atoms with E-state index in [9.17, 15) is 24.8 Å². The van der Waals surface area contributed by atoms with Crippen molar-refractivity contribution < 1.29 is 24.4 Å². The van der Waals surface area contributed by atoms with E-state index in [0.29, 0.717) is 6.08 Å². The molecule has 1 rings (SSSR count). The molecule has 0 fully saturated rings. The lowest BCUT2D eigenvalue weighted by Crippen LogP contribution is -2.13. The third kappa shape index (κ3) is 3.14. The first kappa shape index (κ1) is 13.4. The summed E-state index contributed by atoms with van der Waals surface area (Å²) in [6.07, 6.45) is 0.644. The van der Waals surface area contributed by atoms with Crippen LogP contribution in [0.2, 0.25) is 0 Å². The maximum Gasteiger partial charge on any atom is 0.378 e. The monoisotopic (exact) mass is 251 g/mol. The molecule has 0 heterocycles. The van der Waals surface area contributed by atoms with Crippen molar-refractivity contribution in [3.8, 4) is 0 Å². The van der Waals surface area contributed by atoms with Gasteiger partial charge in [0.25, 0.3) is 11.5 Å². The van der Waals surface area contributed by atoms with E-state index < -0.39 is 22.4 Å². The van der Waals surface area contributed by atoms with Crippen molar-refractivity contribution in [2.24, 2.45) is 0 Å². The highest BCUT2D eigenvalue weighted by atomic mass is 16.6. The number of non-ortho nitro benzene ring substituents is 1. The standard InChI is InChI=1S/C11H9NO6/c1-18-11(15)10(14)6-9(13)7-3-2-4-8(5-7)12(16)17/h2-6,13H,1H3/b9-6+. The molecule has 0 saturated heterocycles. The second-order valence-corrected chi connectivity index (χ2v) is 3.19. The van der Waals surface area contributed by atoms with Crippen LogP contribution in [-0.2, 0) is 14.3 Å². The topological polar surface area (TPSA) is 107 Å². The molecule has 94 valence electrons. The van der Waals surface area contributed by atoms with Gasteiger partial charge in [-0.3, -0.25) is 14.9 Å². The number of esters is 1. The number of nitro groups is 1. The third-order valence-electron chi connectivity index (χ3n) is 2.01. The second kappa shape index (κ2) is 5.58. The van der Waals surface area contributed by atoms with Crippen LogP contribution >= 0.6 is 0 Å². The van der Waals surface area contributed by atoms with Crippen LogP contribution in [0.4, 0.5) is 5.69 Å². The maximum absolute atomic E-state index is 11.1. The molecule has 0 bridgehead atoms. The van der Waals surface area contributed by atoms with Gasteiger partial charge in [0, 0.05) is 23.8 Å². The Labute approximate surface area is 101 Å². The smallest absolute Gasteiger partial charge is 0.378 e. The average molecular weight is 251 g/mol. The Kier molecular flexibility index (Phi) is 4.14. The van der Waals surface area contributed by atoms with E-state index in [1.54, 1.807) is 0 Å². The molecule has 7 heteroatoms. The van der Waals surface area contributed by atoms with Crippen molar-refractivity contribution in [3.63, 3.8) is 0 Å². The number of ether oxygens (including phenoxy) is 1. The van der Waals surface area contributed by atoms with Crippen molar-refractivity contribution in [3.05, 3.63) is 46.0 Å². The van der Waals surface area contributed by atoms with Crippen molar-refractivity contribution in [1.82, 2.24) is 0 Å². The van der Waals surface area contributed by atoms with Crippen LogP contribution in [0.15, 0.2) is 30.3 Å². The van der Waals surface area contributed by atoms with Crippen LogP contribution in [0, 0.1) is 10.1 Å². The number of carbonyl (C=O) groups excluding carboxylic acids is 2. The van der Waals surface area contributed by atoms with Gasteiger partial charge in [-0.1, -0.05) is 12.1 Å². The van der Waals surface area contributed by atoms with Gasteiger partial charge in [0.1, 0.15) is 5.76 Å². The third-order valence-corrected chi connectivity index (χ3v) is 2.01. The van der Waals surface area contributed by atoms with Crippen molar-refractivity contribution in [2.45, 2.75) is 0 Å². The van der Waals surface area contributed by atoms with E-state index >= 15 is 0 Å². The summed E-state index contributed by atoms with van der Waals surface area (Å²) in [5.41, 5.74) is -0.181. The minimum absolute atomic E-state index is 0.0569. The second-order valence-electron chi connectivity index (χ2n) is 3.19. The molecule has 1 N–H and O–H groups in total. The molecule has 0 radical (unpaired) electrons. The number of methoxy groups -OCH3 is 1. The molecule has 0 saturated carbocycles. The Hall–Kier alpha value is -2.70. The van der Waals surface area contributed by atoms with Gasteiger partial charge in [-0.25, -0.2) is 4.79 Å². The van der Waals surface area contributed by atoms with Crippen molar-refractivity contribution >= 4 is 23.2 Å². The van der Waals surface area contributed by atoms with E-state index in [-0.39, 0.29) is 11.3 Å². The van der Waals surface area contributed by atoms with Gasteiger partial charge < -0.3 is 9.84 Å². The zero-order chi connectivity index (χ0) is 13.7. The van der Waals surface area contributed by atoms with Crippen LogP contribution in [0.1, 0.15) is 5.56 Å². The summed E-state index contributed by atoms with van der Waals surface area (Å²) in [5, 5.41) is 20.1. The molecule has 0 atom stereocenters. The van der Waals surface area contributed by atoms with Crippen LogP contribution in [0.3, 0.4) is 0 Å². The van der Waals surface area contributed by atoms with Crippen LogP contribution in [-0.4, -0.2) is 28.9 Å². The minimum Gasteiger partial charge on any atom is -0.507 e. The normalized spacial score (nSPS) is 10.8. The molecule has 0 amide bonds. The summed E-state index contributed by atoms with van der Waals surface area (Å²) in [7, 11) is 1.03. The van der Waals surface area contributed by atoms with Gasteiger partial charge in [0.15, 0.2) is 0 Å². The van der Waals surface area contributed by atoms with Gasteiger partial charge in [-0.15, -0.1) is 0 Å². The van der Waals surface area contributed by atoms with Gasteiger partial charge in [0.2, 0.25) is 0 Å². The number of aliphatic hydroxyl groups is 1. The molecule has 7 nitrogen and oxygen atoms in total. The van der Waals surface area contributed by atoms with Gasteiger partial charge >= 0.3 is 5.97 Å². The predicted molar refractivity (Wildman–Crippen MR) is 60.7 cm³/mol. The zero-order valence-corrected chi connectivity index (χ0v) is 9.32. The van der Waals surface area contributed by atoms with Gasteiger partial charge in [-0.05, 0) is 0 Å². The Bertz CT molecular complexity index is 534. The van der Waals surface area contributed by atoms with Crippen LogP contribution in [0.5, 0.6) is 0 Å². The van der Waals surface area contributed by atoms with Gasteiger partial charge in [-0.2, -0.15) is 0 Å². The number of benzene rings is 1. The highest BCUT2D eigenvalue weighted by Crippen LogP contribution is 2.18. The van der Waals surface area contributed by atoms with Crippen molar-refractivity contribution in [2.75, 3.05) is 7.11 Å².